The van der Waals surface area contributed by atoms with E-state index in [1.165, 1.54) is 17.0 Å². The smallest absolute Gasteiger partial charge is 0.264 e. The molecule has 2 amide bonds. The number of methoxy groups -OCH3 is 1. The largest absolute Gasteiger partial charge is 0.497 e. The van der Waals surface area contributed by atoms with Crippen molar-refractivity contribution in [1.29, 1.82) is 0 Å². The van der Waals surface area contributed by atoms with E-state index in [0.29, 0.717) is 24.4 Å². The molecule has 0 aromatic heterocycles. The molecule has 0 aliphatic rings. The lowest BCUT2D eigenvalue weighted by molar-refractivity contribution is -0.140. The number of anilines is 1. The Labute approximate surface area is 244 Å². The van der Waals surface area contributed by atoms with Gasteiger partial charge in [0, 0.05) is 16.7 Å². The molecule has 0 radical (unpaired) electrons. The molecule has 0 fully saturated rings. The van der Waals surface area contributed by atoms with Gasteiger partial charge in [-0.25, -0.2) is 8.42 Å². The van der Waals surface area contributed by atoms with Crippen LogP contribution >= 0.6 is 22.6 Å². The molecule has 1 unspecified atom stereocenters. The highest BCUT2D eigenvalue weighted by atomic mass is 127. The molecule has 0 spiro atoms. The Kier molecular flexibility index (Phi) is 11.2. The fourth-order valence-corrected chi connectivity index (χ4v) is 5.90. The molecule has 208 valence electrons. The van der Waals surface area contributed by atoms with Gasteiger partial charge in [-0.2, -0.15) is 0 Å². The molecule has 3 rings (SSSR count). The number of carbonyl (C=O) groups is 2. The maximum absolute atomic E-state index is 14.0. The Balaban J connectivity index is 2.04. The van der Waals surface area contributed by atoms with Gasteiger partial charge in [-0.15, -0.1) is 0 Å². The van der Waals surface area contributed by atoms with Crippen molar-refractivity contribution in [2.75, 3.05) is 24.5 Å². The van der Waals surface area contributed by atoms with E-state index in [2.05, 4.69) is 27.9 Å². The van der Waals surface area contributed by atoms with Gasteiger partial charge in [-0.05, 0) is 89.5 Å². The van der Waals surface area contributed by atoms with Crippen molar-refractivity contribution >= 4 is 50.1 Å². The second-order valence-electron chi connectivity index (χ2n) is 8.89. The molecule has 3 aromatic carbocycles. The molecular formula is C29H34IN3O5S. The van der Waals surface area contributed by atoms with Crippen LogP contribution in [0.1, 0.15) is 32.3 Å². The zero-order valence-corrected chi connectivity index (χ0v) is 25.3. The normalized spacial score (nSPS) is 11.9. The molecule has 1 N–H and O–H groups in total. The Morgan fingerprint density at radius 1 is 0.974 bits per heavy atom. The molecule has 0 bridgehead atoms. The highest BCUT2D eigenvalue weighted by Gasteiger charge is 2.33. The maximum Gasteiger partial charge on any atom is 0.264 e. The summed E-state index contributed by atoms with van der Waals surface area (Å²) >= 11 is 2.14. The molecule has 3 aromatic rings. The highest BCUT2D eigenvalue weighted by Crippen LogP contribution is 2.26. The highest BCUT2D eigenvalue weighted by molar-refractivity contribution is 14.1. The van der Waals surface area contributed by atoms with Crippen LogP contribution in [0.15, 0.2) is 83.8 Å². The number of amides is 2. The zero-order valence-electron chi connectivity index (χ0n) is 22.3. The number of halogens is 1. The number of sulfonamides is 1. The summed E-state index contributed by atoms with van der Waals surface area (Å²) in [5, 5.41) is 2.88. The standard InChI is InChI=1S/C29H34IN3O5S/c1-4-18-31-29(35)27(5-2)32(20-22-10-9-11-25(19-22)38-3)28(34)21-33(24-16-14-23(30)15-17-24)39(36,37)26-12-7-6-8-13-26/h6-17,19,27H,4-5,18,20-21H2,1-3H3,(H,31,35). The summed E-state index contributed by atoms with van der Waals surface area (Å²) in [6, 6.07) is 21.4. The van der Waals surface area contributed by atoms with Gasteiger partial charge in [-0.1, -0.05) is 44.2 Å². The van der Waals surface area contributed by atoms with E-state index in [9.17, 15) is 18.0 Å². The number of ether oxygens (including phenoxy) is 1. The van der Waals surface area contributed by atoms with Crippen LogP contribution < -0.4 is 14.4 Å². The first-order chi connectivity index (χ1) is 18.7. The summed E-state index contributed by atoms with van der Waals surface area (Å²) in [6.45, 7) is 3.90. The summed E-state index contributed by atoms with van der Waals surface area (Å²) in [4.78, 5) is 28.7. The van der Waals surface area contributed by atoms with Crippen LogP contribution in [0.3, 0.4) is 0 Å². The van der Waals surface area contributed by atoms with Gasteiger partial charge in [-0.3, -0.25) is 13.9 Å². The van der Waals surface area contributed by atoms with Crippen LogP contribution in [0, 0.1) is 3.57 Å². The lowest BCUT2D eigenvalue weighted by atomic mass is 10.1. The zero-order chi connectivity index (χ0) is 28.4. The van der Waals surface area contributed by atoms with Gasteiger partial charge in [0.15, 0.2) is 0 Å². The van der Waals surface area contributed by atoms with Crippen molar-refractivity contribution < 1.29 is 22.7 Å². The van der Waals surface area contributed by atoms with Crippen LogP contribution in [-0.4, -0.2) is 51.4 Å². The van der Waals surface area contributed by atoms with Gasteiger partial charge >= 0.3 is 0 Å². The van der Waals surface area contributed by atoms with Crippen molar-refractivity contribution in [3.05, 3.63) is 88.0 Å². The quantitative estimate of drug-likeness (QED) is 0.265. The maximum atomic E-state index is 14.0. The molecule has 0 aliphatic heterocycles. The third kappa shape index (κ3) is 7.95. The van der Waals surface area contributed by atoms with E-state index < -0.39 is 28.5 Å². The molecule has 0 aliphatic carbocycles. The Morgan fingerprint density at radius 3 is 2.28 bits per heavy atom. The minimum atomic E-state index is -4.08. The molecule has 10 heteroatoms. The first kappa shape index (κ1) is 30.4. The fraction of sp³-hybridized carbons (Fsp3) is 0.310. The Morgan fingerprint density at radius 2 is 1.67 bits per heavy atom. The summed E-state index contributed by atoms with van der Waals surface area (Å²) < 4.78 is 35.0. The summed E-state index contributed by atoms with van der Waals surface area (Å²) in [5.74, 6) is -0.146. The van der Waals surface area contributed by atoms with E-state index in [-0.39, 0.29) is 17.3 Å². The number of benzene rings is 3. The minimum Gasteiger partial charge on any atom is -0.497 e. The first-order valence-electron chi connectivity index (χ1n) is 12.7. The molecule has 0 heterocycles. The SMILES string of the molecule is CCCNC(=O)C(CC)N(Cc1cccc(OC)c1)C(=O)CN(c1ccc(I)cc1)S(=O)(=O)c1ccccc1. The fourth-order valence-electron chi connectivity index (χ4n) is 4.11. The molecular weight excluding hydrogens is 629 g/mol. The molecule has 8 nitrogen and oxygen atoms in total. The van der Waals surface area contributed by atoms with Crippen molar-refractivity contribution in [2.45, 2.75) is 44.2 Å². The minimum absolute atomic E-state index is 0.0726. The van der Waals surface area contributed by atoms with Gasteiger partial charge in [0.25, 0.3) is 10.0 Å². The van der Waals surface area contributed by atoms with E-state index in [4.69, 9.17) is 4.74 Å². The van der Waals surface area contributed by atoms with Crippen LogP contribution in [0.4, 0.5) is 5.69 Å². The molecule has 0 saturated heterocycles. The lowest BCUT2D eigenvalue weighted by Crippen LogP contribution is -2.52. The van der Waals surface area contributed by atoms with E-state index in [1.54, 1.807) is 61.7 Å². The predicted octanol–water partition coefficient (Wildman–Crippen LogP) is 4.83. The summed E-state index contributed by atoms with van der Waals surface area (Å²) in [6.07, 6.45) is 1.11. The van der Waals surface area contributed by atoms with Crippen LogP contribution in [0.25, 0.3) is 0 Å². The van der Waals surface area contributed by atoms with E-state index in [0.717, 1.165) is 19.9 Å². The second-order valence-corrected chi connectivity index (χ2v) is 12.0. The molecule has 1 atom stereocenters. The van der Waals surface area contributed by atoms with Crippen LogP contribution in [0.5, 0.6) is 5.75 Å². The predicted molar refractivity (Wildman–Crippen MR) is 161 cm³/mol. The van der Waals surface area contributed by atoms with Crippen molar-refractivity contribution in [1.82, 2.24) is 10.2 Å². The van der Waals surface area contributed by atoms with Crippen LogP contribution in [-0.2, 0) is 26.2 Å². The third-order valence-corrected chi connectivity index (χ3v) is 8.65. The van der Waals surface area contributed by atoms with Crippen molar-refractivity contribution in [2.24, 2.45) is 0 Å². The number of rotatable bonds is 13. The number of nitrogens with zero attached hydrogens (tertiary/aromatic N) is 2. The molecule has 39 heavy (non-hydrogen) atoms. The van der Waals surface area contributed by atoms with E-state index in [1.807, 2.05) is 26.0 Å². The van der Waals surface area contributed by atoms with Gasteiger partial charge in [0.2, 0.25) is 11.8 Å². The number of nitrogens with one attached hydrogen (secondary N) is 1. The third-order valence-electron chi connectivity index (χ3n) is 6.15. The number of hydrogen-bond acceptors (Lipinski definition) is 5. The van der Waals surface area contributed by atoms with Crippen molar-refractivity contribution in [3.63, 3.8) is 0 Å². The van der Waals surface area contributed by atoms with Gasteiger partial charge in [0.1, 0.15) is 18.3 Å². The van der Waals surface area contributed by atoms with Crippen molar-refractivity contribution in [3.8, 4) is 5.75 Å². The average Bonchev–Trinajstić information content (AvgIpc) is 2.95. The number of carbonyl (C=O) groups excluding carboxylic acids is 2. The van der Waals surface area contributed by atoms with Gasteiger partial charge < -0.3 is 15.0 Å². The topological polar surface area (TPSA) is 96.0 Å². The summed E-state index contributed by atoms with van der Waals surface area (Å²) in [5.41, 5.74) is 1.12. The number of hydrogen-bond donors (Lipinski definition) is 1. The van der Waals surface area contributed by atoms with E-state index >= 15 is 0 Å². The summed E-state index contributed by atoms with van der Waals surface area (Å²) in [7, 11) is -2.53. The Hall–Kier alpha value is -3.12. The van der Waals surface area contributed by atoms with Gasteiger partial charge in [0.05, 0.1) is 17.7 Å². The molecule has 0 saturated carbocycles. The van der Waals surface area contributed by atoms with Crippen LogP contribution in [0.2, 0.25) is 0 Å². The second kappa shape index (κ2) is 14.3. The lowest BCUT2D eigenvalue weighted by Gasteiger charge is -2.33. The Bertz CT molecular complexity index is 1350. The average molecular weight is 664 g/mol. The first-order valence-corrected chi connectivity index (χ1v) is 15.3. The monoisotopic (exact) mass is 663 g/mol.